The van der Waals surface area contributed by atoms with E-state index < -0.39 is 20.5 Å². The quantitative estimate of drug-likeness (QED) is 0.257. The molecule has 0 unspecified atom stereocenters. The molecule has 1 rings (SSSR count). The molecule has 20 heavy (non-hydrogen) atoms. The molecule has 0 amide bonds. The van der Waals surface area contributed by atoms with Crippen LogP contribution >= 0.6 is 0 Å². The van der Waals surface area contributed by atoms with Crippen molar-refractivity contribution < 1.29 is 31.1 Å². The van der Waals surface area contributed by atoms with Gasteiger partial charge in [0, 0.05) is 12.1 Å². The van der Waals surface area contributed by atoms with Crippen LogP contribution < -0.4 is 0 Å². The Bertz CT molecular complexity index is 650. The molecule has 0 fully saturated rings. The molecule has 0 spiro atoms. The second-order valence-corrected chi connectivity index (χ2v) is 4.62. The molecule has 1 aromatic carbocycles. The Hall–Kier alpha value is -2.26. The van der Waals surface area contributed by atoms with E-state index in [0.29, 0.717) is 0 Å². The summed E-state index contributed by atoms with van der Waals surface area (Å²) in [5.41, 5.74) is -5.09. The Morgan fingerprint density at radius 3 is 2.10 bits per heavy atom. The summed E-state index contributed by atoms with van der Waals surface area (Å²) in [6, 6.07) is 4.39. The van der Waals surface area contributed by atoms with Crippen LogP contribution in [0.4, 0.5) is 24.5 Å². The average Bonchev–Trinajstić information content (AvgIpc) is 2.27. The van der Waals surface area contributed by atoms with Crippen molar-refractivity contribution in [3.8, 4) is 0 Å². The number of diazo groups is 1. The van der Waals surface area contributed by atoms with Crippen molar-refractivity contribution in [1.29, 1.82) is 5.39 Å². The third kappa shape index (κ3) is 5.16. The van der Waals surface area contributed by atoms with E-state index in [4.69, 9.17) is 18.4 Å². The molecule has 110 valence electrons. The lowest BCUT2D eigenvalue weighted by Crippen LogP contribution is -2.21. The van der Waals surface area contributed by atoms with Crippen LogP contribution in [0.15, 0.2) is 18.2 Å². The van der Waals surface area contributed by atoms with E-state index in [1.165, 1.54) is 12.1 Å². The minimum atomic E-state index is -6.09. The number of alkyl halides is 3. The largest absolute Gasteiger partial charge is 0.741 e. The summed E-state index contributed by atoms with van der Waals surface area (Å²) < 4.78 is 58.9. The number of nitro groups is 1. The van der Waals surface area contributed by atoms with E-state index in [1.807, 2.05) is 0 Å². The highest BCUT2D eigenvalue weighted by atomic mass is 32.2. The predicted molar refractivity (Wildman–Crippen MR) is 58.3 cm³/mol. The van der Waals surface area contributed by atoms with Crippen LogP contribution in [0.1, 0.15) is 5.56 Å². The first-order chi connectivity index (χ1) is 8.90. The molecule has 0 radical (unpaired) electrons. The molecular weight excluding hydrogens is 307 g/mol. The van der Waals surface area contributed by atoms with Crippen LogP contribution in [0, 0.1) is 22.4 Å². The van der Waals surface area contributed by atoms with E-state index in [0.717, 1.165) is 5.56 Å². The third-order valence-corrected chi connectivity index (χ3v) is 2.29. The van der Waals surface area contributed by atoms with Crippen LogP contribution in [0.2, 0.25) is 0 Å². The van der Waals surface area contributed by atoms with Gasteiger partial charge in [-0.15, -0.1) is 0 Å². The number of rotatable bonds is 1. The van der Waals surface area contributed by atoms with Crippen molar-refractivity contribution in [2.24, 2.45) is 0 Å². The molecule has 12 heteroatoms. The molecule has 0 aliphatic carbocycles. The predicted octanol–water partition coefficient (Wildman–Crippen LogP) is 2.44. The minimum absolute atomic E-state index is 0.0226. The first-order valence-corrected chi connectivity index (χ1v) is 5.93. The van der Waals surface area contributed by atoms with Gasteiger partial charge in [0.2, 0.25) is 5.39 Å². The van der Waals surface area contributed by atoms with Gasteiger partial charge in [0.1, 0.15) is 0 Å². The zero-order valence-corrected chi connectivity index (χ0v) is 10.5. The fraction of sp³-hybridized carbons (Fsp3) is 0.250. The summed E-state index contributed by atoms with van der Waals surface area (Å²) in [4.78, 5) is 12.6. The van der Waals surface area contributed by atoms with Gasteiger partial charge in [0.25, 0.3) is 0 Å². The number of benzene rings is 1. The second kappa shape index (κ2) is 6.26. The number of hydrogen-bond acceptors (Lipinski definition) is 6. The maximum Gasteiger partial charge on any atom is 0.485 e. The lowest BCUT2D eigenvalue weighted by Gasteiger charge is -2.08. The van der Waals surface area contributed by atoms with Crippen LogP contribution in [0.25, 0.3) is 4.98 Å². The summed E-state index contributed by atoms with van der Waals surface area (Å²) in [5, 5.41) is 18.7. The summed E-state index contributed by atoms with van der Waals surface area (Å²) >= 11 is 0. The molecule has 0 bridgehead atoms. The standard InChI is InChI=1S/C7H6N3O2.CHF3O3S/c1-5-2-3-6(9-8)7(4-5)10(11)12;2-1(3,4)8(5,6)7/h2-4H,1H3;(H,5,6,7)/q+1;/p-1. The molecule has 0 aliphatic rings. The summed E-state index contributed by atoms with van der Waals surface area (Å²) in [6.45, 7) is 1.73. The van der Waals surface area contributed by atoms with Crippen LogP contribution in [0.5, 0.6) is 0 Å². The number of hydrogen-bond donors (Lipinski definition) is 0. The molecule has 0 aromatic heterocycles. The summed E-state index contributed by atoms with van der Waals surface area (Å²) in [7, 11) is -6.09. The lowest BCUT2D eigenvalue weighted by molar-refractivity contribution is -0.383. The summed E-state index contributed by atoms with van der Waals surface area (Å²) in [6.07, 6.45) is 0. The fourth-order valence-corrected chi connectivity index (χ4v) is 0.864. The van der Waals surface area contributed by atoms with Crippen molar-refractivity contribution in [2.75, 3.05) is 0 Å². The second-order valence-electron chi connectivity index (χ2n) is 3.25. The van der Waals surface area contributed by atoms with E-state index in [2.05, 4.69) is 4.98 Å². The SMILES string of the molecule is Cc1ccc([N+]#N)c([N+](=O)[O-])c1.O=S(=O)([O-])C(F)(F)F. The maximum absolute atomic E-state index is 10.7. The Morgan fingerprint density at radius 1 is 1.35 bits per heavy atom. The highest BCUT2D eigenvalue weighted by Gasteiger charge is 2.36. The highest BCUT2D eigenvalue weighted by Crippen LogP contribution is 2.27. The van der Waals surface area contributed by atoms with Gasteiger partial charge in [-0.3, -0.25) is 10.1 Å². The van der Waals surface area contributed by atoms with Crippen molar-refractivity contribution in [3.05, 3.63) is 38.9 Å². The number of nitro benzene ring substituents is 1. The molecule has 0 heterocycles. The van der Waals surface area contributed by atoms with Gasteiger partial charge in [-0.25, -0.2) is 8.42 Å². The van der Waals surface area contributed by atoms with Gasteiger partial charge < -0.3 is 4.55 Å². The first-order valence-electron chi connectivity index (χ1n) is 4.52. The van der Waals surface area contributed by atoms with Crippen LogP contribution in [0.3, 0.4) is 0 Å². The molecule has 0 atom stereocenters. The fourth-order valence-electron chi connectivity index (χ4n) is 0.864. The zero-order chi connectivity index (χ0) is 16.1. The van der Waals surface area contributed by atoms with E-state index in [9.17, 15) is 23.3 Å². The van der Waals surface area contributed by atoms with Gasteiger partial charge in [-0.1, -0.05) is 6.07 Å². The number of halogens is 3. The van der Waals surface area contributed by atoms with E-state index in [-0.39, 0.29) is 11.4 Å². The molecule has 1 aromatic rings. The third-order valence-electron chi connectivity index (χ3n) is 1.72. The van der Waals surface area contributed by atoms with Gasteiger partial charge in [0.15, 0.2) is 15.1 Å². The topological polar surface area (TPSA) is 128 Å². The van der Waals surface area contributed by atoms with Gasteiger partial charge in [-0.05, 0) is 12.5 Å². The number of nitrogens with zero attached hydrogens (tertiary/aromatic N) is 3. The Morgan fingerprint density at radius 2 is 1.80 bits per heavy atom. The molecule has 0 saturated carbocycles. The molecule has 0 aliphatic heterocycles. The number of aryl methyl sites for hydroxylation is 1. The van der Waals surface area contributed by atoms with Gasteiger partial charge in [-0.2, -0.15) is 13.2 Å². The summed E-state index contributed by atoms with van der Waals surface area (Å²) in [5.74, 6) is 0. The van der Waals surface area contributed by atoms with Gasteiger partial charge >= 0.3 is 16.9 Å². The minimum Gasteiger partial charge on any atom is -0.741 e. The van der Waals surface area contributed by atoms with Crippen molar-refractivity contribution >= 4 is 21.5 Å². The average molecular weight is 313 g/mol. The molecule has 0 N–H and O–H groups in total. The Kier molecular flexibility index (Phi) is 5.55. The smallest absolute Gasteiger partial charge is 0.485 e. The molecular formula is C8H6F3N3O5S. The zero-order valence-electron chi connectivity index (χ0n) is 9.66. The van der Waals surface area contributed by atoms with Crippen molar-refractivity contribution in [2.45, 2.75) is 12.4 Å². The van der Waals surface area contributed by atoms with E-state index >= 15 is 0 Å². The molecule has 8 nitrogen and oxygen atoms in total. The lowest BCUT2D eigenvalue weighted by atomic mass is 10.2. The first kappa shape index (κ1) is 17.7. The Balaban J connectivity index is 0.000000396. The highest BCUT2D eigenvalue weighted by molar-refractivity contribution is 7.86. The monoisotopic (exact) mass is 313 g/mol. The van der Waals surface area contributed by atoms with Crippen molar-refractivity contribution in [1.82, 2.24) is 0 Å². The molecule has 0 saturated heterocycles. The van der Waals surface area contributed by atoms with Crippen LogP contribution in [-0.4, -0.2) is 23.4 Å². The van der Waals surface area contributed by atoms with Crippen LogP contribution in [-0.2, 0) is 10.1 Å². The van der Waals surface area contributed by atoms with Gasteiger partial charge in [0.05, 0.1) is 4.92 Å². The normalized spacial score (nSPS) is 11.0. The maximum atomic E-state index is 10.7. The Labute approximate surface area is 110 Å². The van der Waals surface area contributed by atoms with Crippen molar-refractivity contribution in [3.63, 3.8) is 0 Å². The van der Waals surface area contributed by atoms with E-state index in [1.54, 1.807) is 13.0 Å².